The van der Waals surface area contributed by atoms with Gasteiger partial charge < -0.3 is 4.98 Å². The van der Waals surface area contributed by atoms with Crippen LogP contribution in [-0.2, 0) is 0 Å². The fraction of sp³-hybridized carbons (Fsp3) is 0. The molecule has 1 aromatic carbocycles. The van der Waals surface area contributed by atoms with Gasteiger partial charge in [-0.25, -0.2) is 4.98 Å². The highest BCUT2D eigenvalue weighted by Gasteiger charge is 2.13. The first-order chi connectivity index (χ1) is 9.65. The zero-order valence-electron chi connectivity index (χ0n) is 10.1. The molecule has 6 heteroatoms. The lowest BCUT2D eigenvalue weighted by molar-refractivity contribution is 1.12. The van der Waals surface area contributed by atoms with Crippen molar-refractivity contribution in [2.45, 2.75) is 0 Å². The van der Waals surface area contributed by atoms with Crippen molar-refractivity contribution in [1.29, 1.82) is 0 Å². The van der Waals surface area contributed by atoms with Gasteiger partial charge in [0.05, 0.1) is 14.9 Å². The molecule has 3 rings (SSSR count). The smallest absolute Gasteiger partial charge is 0.266 e. The summed E-state index contributed by atoms with van der Waals surface area (Å²) < 4.78 is 1.09. The Bertz CT molecular complexity index is 814. The van der Waals surface area contributed by atoms with E-state index in [1.165, 1.54) is 11.3 Å². The van der Waals surface area contributed by atoms with Crippen molar-refractivity contribution in [3.8, 4) is 22.0 Å². The number of aromatic nitrogens is 2. The number of benzene rings is 1. The summed E-state index contributed by atoms with van der Waals surface area (Å²) in [6.45, 7) is 0. The number of H-pyrrole nitrogens is 1. The highest BCUT2D eigenvalue weighted by Crippen LogP contribution is 2.31. The second kappa shape index (κ2) is 5.52. The molecule has 20 heavy (non-hydrogen) atoms. The van der Waals surface area contributed by atoms with E-state index in [-0.39, 0.29) is 5.56 Å². The van der Waals surface area contributed by atoms with Crippen molar-refractivity contribution in [3.63, 3.8) is 0 Å². The zero-order valence-corrected chi connectivity index (χ0v) is 13.2. The van der Waals surface area contributed by atoms with Gasteiger partial charge in [-0.1, -0.05) is 41.9 Å². The minimum Gasteiger partial charge on any atom is -0.305 e. The molecule has 0 saturated heterocycles. The van der Waals surface area contributed by atoms with E-state index in [2.05, 4.69) is 25.9 Å². The summed E-state index contributed by atoms with van der Waals surface area (Å²) >= 11 is 10.6. The maximum Gasteiger partial charge on any atom is 0.266 e. The highest BCUT2D eigenvalue weighted by atomic mass is 79.9. The predicted octanol–water partition coefficient (Wildman–Crippen LogP) is 4.58. The lowest BCUT2D eigenvalue weighted by Gasteiger charge is -2.05. The van der Waals surface area contributed by atoms with E-state index < -0.39 is 0 Å². The molecule has 2 heterocycles. The van der Waals surface area contributed by atoms with Gasteiger partial charge in [0.15, 0.2) is 5.82 Å². The molecule has 0 fully saturated rings. The van der Waals surface area contributed by atoms with Crippen molar-refractivity contribution < 1.29 is 0 Å². The molecule has 0 aliphatic heterocycles. The Morgan fingerprint density at radius 1 is 1.15 bits per heavy atom. The second-order valence-electron chi connectivity index (χ2n) is 4.05. The maximum absolute atomic E-state index is 12.0. The first-order valence-corrected chi connectivity index (χ1v) is 7.75. The van der Waals surface area contributed by atoms with E-state index in [1.807, 2.05) is 36.4 Å². The van der Waals surface area contributed by atoms with Crippen LogP contribution in [0.5, 0.6) is 0 Å². The fourth-order valence-corrected chi connectivity index (χ4v) is 3.21. The van der Waals surface area contributed by atoms with E-state index in [4.69, 9.17) is 11.6 Å². The molecule has 3 nitrogen and oxygen atoms in total. The molecule has 0 aliphatic rings. The molecule has 3 aromatic rings. The normalized spacial score (nSPS) is 10.7. The van der Waals surface area contributed by atoms with Crippen LogP contribution in [0.3, 0.4) is 0 Å². The van der Waals surface area contributed by atoms with Gasteiger partial charge in [-0.3, -0.25) is 4.79 Å². The van der Waals surface area contributed by atoms with Crippen LogP contribution in [0.25, 0.3) is 22.0 Å². The Kier molecular flexibility index (Phi) is 3.74. The van der Waals surface area contributed by atoms with Crippen molar-refractivity contribution in [2.24, 2.45) is 0 Å². The average Bonchev–Trinajstić information content (AvgIpc) is 2.89. The van der Waals surface area contributed by atoms with Crippen LogP contribution in [0.4, 0.5) is 0 Å². The summed E-state index contributed by atoms with van der Waals surface area (Å²) in [6.07, 6.45) is 0. The summed E-state index contributed by atoms with van der Waals surface area (Å²) in [4.78, 5) is 20.2. The quantitative estimate of drug-likeness (QED) is 0.720. The topological polar surface area (TPSA) is 45.8 Å². The van der Waals surface area contributed by atoms with E-state index in [0.29, 0.717) is 20.3 Å². The number of thiophene rings is 1. The maximum atomic E-state index is 12.0. The molecule has 0 radical (unpaired) electrons. The van der Waals surface area contributed by atoms with Crippen LogP contribution in [0, 0.1) is 0 Å². The van der Waals surface area contributed by atoms with E-state index in [9.17, 15) is 4.79 Å². The standard InChI is InChI=1S/C14H8BrClN2OS/c15-11-12(8-4-2-1-3-5-8)17-13(18-14(11)19)9-6-7-10(16)20-9/h1-7H,(H,17,18,19). The predicted molar refractivity (Wildman–Crippen MR) is 86.3 cm³/mol. The van der Waals surface area contributed by atoms with Gasteiger partial charge in [-0.2, -0.15) is 0 Å². The lowest BCUT2D eigenvalue weighted by atomic mass is 10.1. The summed E-state index contributed by atoms with van der Waals surface area (Å²) in [7, 11) is 0. The number of hydrogen-bond acceptors (Lipinski definition) is 3. The number of nitrogens with one attached hydrogen (secondary N) is 1. The average molecular weight is 368 g/mol. The summed E-state index contributed by atoms with van der Waals surface area (Å²) in [6, 6.07) is 13.2. The summed E-state index contributed by atoms with van der Waals surface area (Å²) in [5.41, 5.74) is 1.29. The van der Waals surface area contributed by atoms with Gasteiger partial charge in [0.1, 0.15) is 4.47 Å². The third-order valence-electron chi connectivity index (χ3n) is 2.72. The Morgan fingerprint density at radius 3 is 2.55 bits per heavy atom. The molecule has 0 bridgehead atoms. The fourth-order valence-electron chi connectivity index (χ4n) is 1.80. The molecule has 0 atom stereocenters. The van der Waals surface area contributed by atoms with Crippen LogP contribution in [0.1, 0.15) is 0 Å². The first kappa shape index (κ1) is 13.5. The van der Waals surface area contributed by atoms with Gasteiger partial charge >= 0.3 is 0 Å². The molecule has 0 spiro atoms. The Morgan fingerprint density at radius 2 is 1.90 bits per heavy atom. The Balaban J connectivity index is 2.21. The monoisotopic (exact) mass is 366 g/mol. The molecule has 100 valence electrons. The Hall–Kier alpha value is -1.43. The zero-order chi connectivity index (χ0) is 14.1. The number of rotatable bonds is 2. The first-order valence-electron chi connectivity index (χ1n) is 5.76. The van der Waals surface area contributed by atoms with Gasteiger partial charge in [-0.15, -0.1) is 11.3 Å². The van der Waals surface area contributed by atoms with E-state index >= 15 is 0 Å². The second-order valence-corrected chi connectivity index (χ2v) is 6.55. The summed E-state index contributed by atoms with van der Waals surface area (Å²) in [5, 5.41) is 0. The van der Waals surface area contributed by atoms with Gasteiger partial charge in [-0.05, 0) is 28.1 Å². The number of hydrogen-bond donors (Lipinski definition) is 1. The largest absolute Gasteiger partial charge is 0.305 e. The highest BCUT2D eigenvalue weighted by molar-refractivity contribution is 9.10. The SMILES string of the molecule is O=c1[nH]c(-c2ccc(Cl)s2)nc(-c2ccccc2)c1Br. The molecular formula is C14H8BrClN2OS. The van der Waals surface area contributed by atoms with Crippen LogP contribution < -0.4 is 5.56 Å². The van der Waals surface area contributed by atoms with Gasteiger partial charge in [0.25, 0.3) is 5.56 Å². The molecule has 0 unspecified atom stereocenters. The third-order valence-corrected chi connectivity index (χ3v) is 4.69. The molecular weight excluding hydrogens is 360 g/mol. The molecule has 2 aromatic heterocycles. The van der Waals surface area contributed by atoms with Crippen LogP contribution >= 0.6 is 38.9 Å². The van der Waals surface area contributed by atoms with Gasteiger partial charge in [0.2, 0.25) is 0 Å². The molecule has 0 amide bonds. The van der Waals surface area contributed by atoms with Crippen molar-refractivity contribution in [2.75, 3.05) is 0 Å². The van der Waals surface area contributed by atoms with Crippen molar-refractivity contribution >= 4 is 38.9 Å². The van der Waals surface area contributed by atoms with E-state index in [0.717, 1.165) is 10.4 Å². The minimum absolute atomic E-state index is 0.210. The van der Waals surface area contributed by atoms with Crippen LogP contribution in [0.15, 0.2) is 51.7 Å². The van der Waals surface area contributed by atoms with Crippen molar-refractivity contribution in [3.05, 3.63) is 61.6 Å². The summed E-state index contributed by atoms with van der Waals surface area (Å²) in [5.74, 6) is 0.522. The molecule has 1 N–H and O–H groups in total. The number of halogens is 2. The van der Waals surface area contributed by atoms with Crippen LogP contribution in [0.2, 0.25) is 4.34 Å². The lowest BCUT2D eigenvalue weighted by Crippen LogP contribution is -2.11. The Labute approximate surface area is 132 Å². The van der Waals surface area contributed by atoms with E-state index in [1.54, 1.807) is 6.07 Å². The number of aromatic amines is 1. The minimum atomic E-state index is -0.210. The molecule has 0 saturated carbocycles. The van der Waals surface area contributed by atoms with Crippen molar-refractivity contribution in [1.82, 2.24) is 9.97 Å². The van der Waals surface area contributed by atoms with Gasteiger partial charge in [0, 0.05) is 5.56 Å². The third kappa shape index (κ3) is 2.57. The molecule has 0 aliphatic carbocycles. The van der Waals surface area contributed by atoms with Crippen LogP contribution in [-0.4, -0.2) is 9.97 Å². The number of nitrogens with zero attached hydrogens (tertiary/aromatic N) is 1.